The first kappa shape index (κ1) is 24.5. The molecule has 7 nitrogen and oxygen atoms in total. The molecule has 0 saturated heterocycles. The first-order valence-electron chi connectivity index (χ1n) is 11.0. The molecule has 0 amide bonds. The number of fused-ring (bicyclic) bond motifs is 1. The minimum atomic E-state index is -0.455. The van der Waals surface area contributed by atoms with Crippen LogP contribution in [-0.4, -0.2) is 45.9 Å². The summed E-state index contributed by atoms with van der Waals surface area (Å²) in [7, 11) is 0. The van der Waals surface area contributed by atoms with E-state index in [1.54, 1.807) is 11.7 Å². The third kappa shape index (κ3) is 5.60. The van der Waals surface area contributed by atoms with Crippen molar-refractivity contribution in [3.63, 3.8) is 0 Å². The minimum Gasteiger partial charge on any atom is -0.488 e. The van der Waals surface area contributed by atoms with E-state index in [-0.39, 0.29) is 25.2 Å². The molecule has 0 bridgehead atoms. The van der Waals surface area contributed by atoms with Crippen LogP contribution in [0.15, 0.2) is 48.6 Å². The topological polar surface area (TPSA) is 86.5 Å². The zero-order valence-corrected chi connectivity index (χ0v) is 20.3. The first-order valence-corrected chi connectivity index (χ1v) is 11.0. The molecule has 0 aliphatic heterocycles. The number of benzene rings is 2. The standard InChI is InChI=1S/C26H33N3O4/c1-17(2)24(31)33-13-12-32-23-15-19(26(6,7)16-30)9-11-22(23)29-27-20-10-8-18(25(3,4)5)14-21(20)28-29/h8-11,14-15,30H,1,12-13,16H2,2-7H3. The summed E-state index contributed by atoms with van der Waals surface area (Å²) in [6.07, 6.45) is 0. The van der Waals surface area contributed by atoms with Crippen LogP contribution in [0.2, 0.25) is 0 Å². The quantitative estimate of drug-likeness (QED) is 0.309. The van der Waals surface area contributed by atoms with Crippen LogP contribution in [0.1, 0.15) is 52.7 Å². The molecule has 176 valence electrons. The number of aliphatic hydroxyl groups excluding tert-OH is 1. The van der Waals surface area contributed by atoms with Crippen LogP contribution in [0.3, 0.4) is 0 Å². The van der Waals surface area contributed by atoms with Crippen molar-refractivity contribution in [2.45, 2.75) is 52.4 Å². The zero-order valence-electron chi connectivity index (χ0n) is 20.3. The van der Waals surface area contributed by atoms with Gasteiger partial charge in [0.25, 0.3) is 0 Å². The summed E-state index contributed by atoms with van der Waals surface area (Å²) in [6, 6.07) is 11.8. The van der Waals surface area contributed by atoms with Crippen LogP contribution in [0.5, 0.6) is 5.75 Å². The average Bonchev–Trinajstić information content (AvgIpc) is 3.18. The zero-order chi connectivity index (χ0) is 24.4. The highest BCUT2D eigenvalue weighted by Gasteiger charge is 2.22. The number of aliphatic hydroxyl groups is 1. The van der Waals surface area contributed by atoms with E-state index in [4.69, 9.17) is 9.47 Å². The van der Waals surface area contributed by atoms with E-state index in [1.165, 1.54) is 5.56 Å². The molecule has 1 aromatic heterocycles. The van der Waals surface area contributed by atoms with Gasteiger partial charge in [0.15, 0.2) is 0 Å². The maximum Gasteiger partial charge on any atom is 0.333 e. The predicted octanol–water partition coefficient (Wildman–Crippen LogP) is 4.49. The second-order valence-corrected chi connectivity index (χ2v) is 9.93. The molecular formula is C26H33N3O4. The molecule has 0 spiro atoms. The fourth-order valence-corrected chi connectivity index (χ4v) is 3.21. The second-order valence-electron chi connectivity index (χ2n) is 9.93. The minimum absolute atomic E-state index is 0.00495. The van der Waals surface area contributed by atoms with Crippen molar-refractivity contribution in [3.05, 3.63) is 59.7 Å². The van der Waals surface area contributed by atoms with E-state index < -0.39 is 11.4 Å². The van der Waals surface area contributed by atoms with Gasteiger partial charge in [-0.25, -0.2) is 4.79 Å². The van der Waals surface area contributed by atoms with Crippen molar-refractivity contribution in [2.24, 2.45) is 0 Å². The van der Waals surface area contributed by atoms with Crippen LogP contribution >= 0.6 is 0 Å². The van der Waals surface area contributed by atoms with Gasteiger partial charge in [-0.3, -0.25) is 0 Å². The molecule has 33 heavy (non-hydrogen) atoms. The van der Waals surface area contributed by atoms with Gasteiger partial charge in [-0.1, -0.05) is 53.3 Å². The Morgan fingerprint density at radius 1 is 1.00 bits per heavy atom. The van der Waals surface area contributed by atoms with E-state index in [9.17, 15) is 9.90 Å². The Labute approximate surface area is 195 Å². The molecule has 2 aromatic carbocycles. The molecule has 1 N–H and O–H groups in total. The smallest absolute Gasteiger partial charge is 0.333 e. The summed E-state index contributed by atoms with van der Waals surface area (Å²) in [5, 5.41) is 19.1. The summed E-state index contributed by atoms with van der Waals surface area (Å²) >= 11 is 0. The van der Waals surface area contributed by atoms with Gasteiger partial charge >= 0.3 is 5.97 Å². The Balaban J connectivity index is 1.96. The molecule has 3 rings (SSSR count). The van der Waals surface area contributed by atoms with E-state index in [2.05, 4.69) is 49.7 Å². The number of esters is 1. The highest BCUT2D eigenvalue weighted by atomic mass is 16.6. The molecule has 0 aliphatic carbocycles. The van der Waals surface area contributed by atoms with Crippen molar-refractivity contribution >= 4 is 17.0 Å². The number of rotatable bonds is 8. The number of ether oxygens (including phenoxy) is 2. The van der Waals surface area contributed by atoms with Crippen molar-refractivity contribution in [1.82, 2.24) is 15.0 Å². The first-order chi connectivity index (χ1) is 15.4. The van der Waals surface area contributed by atoms with E-state index in [0.29, 0.717) is 17.0 Å². The van der Waals surface area contributed by atoms with Crippen molar-refractivity contribution in [3.8, 4) is 11.4 Å². The van der Waals surface area contributed by atoms with Crippen LogP contribution in [0.25, 0.3) is 16.7 Å². The molecule has 0 saturated carbocycles. The number of aromatic nitrogens is 3. The molecule has 7 heteroatoms. The third-order valence-electron chi connectivity index (χ3n) is 5.52. The molecule has 3 aromatic rings. The Hall–Kier alpha value is -3.19. The van der Waals surface area contributed by atoms with E-state index >= 15 is 0 Å². The van der Waals surface area contributed by atoms with Crippen molar-refractivity contribution in [1.29, 1.82) is 0 Å². The van der Waals surface area contributed by atoms with Gasteiger partial charge in [0.2, 0.25) is 0 Å². The van der Waals surface area contributed by atoms with Gasteiger partial charge < -0.3 is 14.6 Å². The molecule has 1 heterocycles. The van der Waals surface area contributed by atoms with Gasteiger partial charge in [0.1, 0.15) is 35.7 Å². The monoisotopic (exact) mass is 451 g/mol. The van der Waals surface area contributed by atoms with Gasteiger partial charge in [-0.05, 0) is 47.7 Å². The Kier molecular flexibility index (Phi) is 6.93. The van der Waals surface area contributed by atoms with Crippen LogP contribution in [0, 0.1) is 0 Å². The van der Waals surface area contributed by atoms with Crippen molar-refractivity contribution in [2.75, 3.05) is 19.8 Å². The highest BCUT2D eigenvalue weighted by Crippen LogP contribution is 2.31. The highest BCUT2D eigenvalue weighted by molar-refractivity contribution is 5.86. The molecule has 0 radical (unpaired) electrons. The largest absolute Gasteiger partial charge is 0.488 e. The Morgan fingerprint density at radius 2 is 1.67 bits per heavy atom. The number of carbonyl (C=O) groups is 1. The van der Waals surface area contributed by atoms with Gasteiger partial charge in [-0.15, -0.1) is 15.0 Å². The summed E-state index contributed by atoms with van der Waals surface area (Å²) in [6.45, 7) is 15.8. The molecular weight excluding hydrogens is 418 g/mol. The normalized spacial score (nSPS) is 12.1. The predicted molar refractivity (Wildman–Crippen MR) is 129 cm³/mol. The molecule has 0 fully saturated rings. The van der Waals surface area contributed by atoms with E-state index in [1.807, 2.05) is 38.1 Å². The average molecular weight is 452 g/mol. The lowest BCUT2D eigenvalue weighted by Crippen LogP contribution is -2.22. The maximum atomic E-state index is 11.6. The van der Waals surface area contributed by atoms with E-state index in [0.717, 1.165) is 16.6 Å². The van der Waals surface area contributed by atoms with Crippen molar-refractivity contribution < 1.29 is 19.4 Å². The molecule has 0 aliphatic rings. The third-order valence-corrected chi connectivity index (χ3v) is 5.52. The van der Waals surface area contributed by atoms with Gasteiger partial charge in [-0.2, -0.15) is 0 Å². The summed E-state index contributed by atoms with van der Waals surface area (Å²) < 4.78 is 11.1. The summed E-state index contributed by atoms with van der Waals surface area (Å²) in [4.78, 5) is 13.2. The summed E-state index contributed by atoms with van der Waals surface area (Å²) in [5.41, 5.74) is 4.22. The number of hydrogen-bond donors (Lipinski definition) is 1. The fraction of sp³-hybridized carbons (Fsp3) is 0.423. The van der Waals surface area contributed by atoms with Gasteiger partial charge in [0.05, 0.1) is 6.61 Å². The summed E-state index contributed by atoms with van der Waals surface area (Å²) in [5.74, 6) is 0.0837. The van der Waals surface area contributed by atoms with Crippen LogP contribution in [0.4, 0.5) is 0 Å². The molecule has 0 unspecified atom stereocenters. The second kappa shape index (κ2) is 9.35. The lowest BCUT2D eigenvalue weighted by Gasteiger charge is -2.23. The Bertz CT molecular complexity index is 1170. The van der Waals surface area contributed by atoms with Crippen LogP contribution in [-0.2, 0) is 20.4 Å². The number of hydrogen-bond acceptors (Lipinski definition) is 6. The SMILES string of the molecule is C=C(C)C(=O)OCCOc1cc(C(C)(C)CO)ccc1-n1nc2ccc(C(C)(C)C)cc2n1. The maximum absolute atomic E-state index is 11.6. The number of nitrogens with zero attached hydrogens (tertiary/aromatic N) is 3. The lowest BCUT2D eigenvalue weighted by molar-refractivity contribution is -0.139. The lowest BCUT2D eigenvalue weighted by atomic mass is 9.85. The Morgan fingerprint density at radius 3 is 2.30 bits per heavy atom. The van der Waals surface area contributed by atoms with Crippen LogP contribution < -0.4 is 4.74 Å². The number of carbonyl (C=O) groups excluding carboxylic acids is 1. The molecule has 0 atom stereocenters. The van der Waals surface area contributed by atoms with Gasteiger partial charge in [0, 0.05) is 11.0 Å². The fourth-order valence-electron chi connectivity index (χ4n) is 3.21.